The van der Waals surface area contributed by atoms with Gasteiger partial charge in [0.25, 0.3) is 0 Å². The maximum absolute atomic E-state index is 14.7. The van der Waals surface area contributed by atoms with Crippen LogP contribution in [0.1, 0.15) is 115 Å². The smallest absolute Gasteiger partial charge is 0.404 e. The van der Waals surface area contributed by atoms with Crippen molar-refractivity contribution in [2.45, 2.75) is 189 Å². The van der Waals surface area contributed by atoms with E-state index in [1.54, 1.807) is 60.7 Å². The van der Waals surface area contributed by atoms with Gasteiger partial charge in [-0.1, -0.05) is 99.5 Å². The lowest BCUT2D eigenvalue weighted by Crippen LogP contribution is -2.61. The number of benzene rings is 3. The van der Waals surface area contributed by atoms with Crippen LogP contribution in [0, 0.1) is 5.92 Å². The van der Waals surface area contributed by atoms with Gasteiger partial charge >= 0.3 is 13.9 Å². The van der Waals surface area contributed by atoms with Crippen LogP contribution in [0.4, 0.5) is 4.79 Å². The van der Waals surface area contributed by atoms with Gasteiger partial charge in [-0.15, -0.1) is 0 Å². The van der Waals surface area contributed by atoms with Gasteiger partial charge in [0.1, 0.15) is 67.3 Å². The Labute approximate surface area is 687 Å². The summed E-state index contributed by atoms with van der Waals surface area (Å²) in [5, 5.41) is 34.7. The lowest BCUT2D eigenvalue weighted by atomic mass is 9.99. The highest BCUT2D eigenvalue weighted by atomic mass is 32.2. The summed E-state index contributed by atoms with van der Waals surface area (Å²) in [6.45, 7) is 6.05. The molecule has 0 radical (unpaired) electrons. The molecule has 0 saturated carbocycles. The summed E-state index contributed by atoms with van der Waals surface area (Å²) >= 11 is 1.87. The number of nitrogens with two attached hydrogens (primary N) is 4. The van der Waals surface area contributed by atoms with E-state index in [9.17, 15) is 86.3 Å². The molecule has 2 aliphatic heterocycles. The quantitative estimate of drug-likeness (QED) is 0.0148. The number of phosphoric ester groups is 1. The first-order valence-corrected chi connectivity index (χ1v) is 41.5. The van der Waals surface area contributed by atoms with Crippen LogP contribution in [-0.2, 0) is 110 Å². The van der Waals surface area contributed by atoms with Crippen LogP contribution in [-0.4, -0.2) is 248 Å². The maximum Gasteiger partial charge on any atom is 0.524 e. The number of unbranched alkanes of at least 4 members (excludes halogenated alkanes) is 3. The molecule has 0 unspecified atom stereocenters. The van der Waals surface area contributed by atoms with E-state index in [0.29, 0.717) is 47.7 Å². The fraction of sp³-hybridized carbons (Fsp3) is 0.566. The van der Waals surface area contributed by atoms with Crippen LogP contribution in [0.15, 0.2) is 84.9 Å². The lowest BCUT2D eigenvalue weighted by Gasteiger charge is -2.29. The molecule has 0 spiro atoms. The first kappa shape index (κ1) is 98.2. The van der Waals surface area contributed by atoms with E-state index in [-0.39, 0.29) is 134 Å². The summed E-state index contributed by atoms with van der Waals surface area (Å²) < 4.78 is 37.7. The van der Waals surface area contributed by atoms with Crippen LogP contribution in [0.25, 0.3) is 0 Å². The minimum absolute atomic E-state index is 0.0180. The van der Waals surface area contributed by atoms with E-state index < -0.39 is 151 Å². The topological polar surface area (TPSA) is 620 Å². The molecule has 23 N–H and O–H groups in total. The molecule has 118 heavy (non-hydrogen) atoms. The van der Waals surface area contributed by atoms with Crippen molar-refractivity contribution in [3.05, 3.63) is 102 Å². The molecule has 0 aliphatic carbocycles. The van der Waals surface area contributed by atoms with Gasteiger partial charge < -0.3 is 116 Å². The third-order valence-electron chi connectivity index (χ3n) is 18.4. The van der Waals surface area contributed by atoms with Crippen molar-refractivity contribution in [3.63, 3.8) is 0 Å². The largest absolute Gasteiger partial charge is 0.524 e. The third kappa shape index (κ3) is 38.8. The van der Waals surface area contributed by atoms with Gasteiger partial charge in [-0.05, 0) is 87.1 Å². The SMILES string of the molecule is CC(C)[C@H](NC(=O)[C@H](Cc1ccc(OP(=O)(O)O)cc1)NC(=O)[C@H](C)NC(=O)[C@H](C)N)C(=O)N[C@@H](CC(N)=O)C(=O)N[C@@H](Cc1ccccc1)C(=O)N[C@@H](Cc1ccccc1)C(=O)N[C@@H](CCC(=O)NCCOCCOCC(=O)NCCOCCOCC(=O)N[C@@H](CCCCNC(=O)CCCCC[C@@H]1SC[C@@H]2NC(=O)N[C@@H]21)C(N)=O)C(N)=O. The Hall–Kier alpha value is -10.4. The van der Waals surface area contributed by atoms with Gasteiger partial charge in [0.15, 0.2) is 0 Å². The number of phosphoric acid groups is 1. The van der Waals surface area contributed by atoms with Crippen LogP contribution in [0.2, 0.25) is 0 Å². The van der Waals surface area contributed by atoms with Gasteiger partial charge in [-0.2, -0.15) is 11.8 Å². The molecule has 2 saturated heterocycles. The molecule has 3 aromatic carbocycles. The lowest BCUT2D eigenvalue weighted by molar-refractivity contribution is -0.136. The summed E-state index contributed by atoms with van der Waals surface area (Å²) in [5.74, 6) is -11.0. The molecule has 0 bridgehead atoms. The zero-order valence-electron chi connectivity index (χ0n) is 66.6. The highest BCUT2D eigenvalue weighted by Gasteiger charge is 2.43. The monoisotopic (exact) mass is 1700 g/mol. The summed E-state index contributed by atoms with van der Waals surface area (Å²) in [5.41, 5.74) is 23.9. The van der Waals surface area contributed by atoms with E-state index in [1.165, 1.54) is 52.0 Å². The number of rotatable bonds is 58. The van der Waals surface area contributed by atoms with Crippen molar-refractivity contribution in [1.29, 1.82) is 0 Å². The van der Waals surface area contributed by atoms with Crippen molar-refractivity contribution in [2.75, 3.05) is 78.2 Å². The zero-order chi connectivity index (χ0) is 86.7. The van der Waals surface area contributed by atoms with Gasteiger partial charge in [0.2, 0.25) is 82.7 Å². The Bertz CT molecular complexity index is 3850. The predicted molar refractivity (Wildman–Crippen MR) is 429 cm³/mol. The van der Waals surface area contributed by atoms with Crippen molar-refractivity contribution < 1.29 is 110 Å². The number of carbonyl (C=O) groups is 15. The normalized spacial score (nSPS) is 16.4. The molecule has 12 atom stereocenters. The Kier molecular flexibility index (Phi) is 43.6. The van der Waals surface area contributed by atoms with Crippen LogP contribution >= 0.6 is 19.6 Å². The van der Waals surface area contributed by atoms with E-state index >= 15 is 0 Å². The molecule has 42 heteroatoms. The summed E-state index contributed by atoms with van der Waals surface area (Å²) in [7, 11) is -4.96. The van der Waals surface area contributed by atoms with Crippen LogP contribution in [0.5, 0.6) is 5.75 Å². The Morgan fingerprint density at radius 2 is 0.966 bits per heavy atom. The van der Waals surface area contributed by atoms with Crippen molar-refractivity contribution in [3.8, 4) is 5.75 Å². The van der Waals surface area contributed by atoms with Gasteiger partial charge in [-0.25, -0.2) is 9.36 Å². The highest BCUT2D eigenvalue weighted by molar-refractivity contribution is 8.00. The number of nitrogens with one attached hydrogen (secondary N) is 13. The number of urea groups is 1. The summed E-state index contributed by atoms with van der Waals surface area (Å²) in [6.07, 6.45) is 3.26. The molecule has 40 nitrogen and oxygen atoms in total. The molecule has 2 fully saturated rings. The second kappa shape index (κ2) is 52.4. The molecular formula is C76H114N17O23PS. The minimum atomic E-state index is -4.96. The number of fused-ring (bicyclic) bond motifs is 1. The summed E-state index contributed by atoms with van der Waals surface area (Å²) in [4.78, 5) is 216. The highest BCUT2D eigenvalue weighted by Crippen LogP contribution is 2.37. The Balaban J connectivity index is 1.02. The Morgan fingerprint density at radius 3 is 1.51 bits per heavy atom. The second-order valence-corrected chi connectivity index (χ2v) is 31.0. The van der Waals surface area contributed by atoms with Crippen molar-refractivity contribution in [2.24, 2.45) is 28.9 Å². The molecule has 3 aromatic rings. The Morgan fingerprint density at radius 1 is 0.483 bits per heavy atom. The van der Waals surface area contributed by atoms with Gasteiger partial charge in [0.05, 0.1) is 64.2 Å². The van der Waals surface area contributed by atoms with Gasteiger partial charge in [-0.3, -0.25) is 76.9 Å². The van der Waals surface area contributed by atoms with E-state index in [1.807, 2.05) is 11.8 Å². The van der Waals surface area contributed by atoms with E-state index in [0.717, 1.165) is 31.4 Å². The standard InChI is InChI=1S/C76H114N17O23PS/c1-45(2)65(92-74(106)56(87-70(102)47(4)84-69(101)46(3)77)40-50-23-25-51(26-24-50)116-117(109,110)111)75(107)90-57(41-60(78)94)73(105)89-55(39-49-18-10-6-11-19-49)72(104)88-54(38-48-16-8-5-9-17-48)71(103)86-53(68(80)100)27-28-62(96)82-30-32-112-34-36-114-42-63(97)83-31-33-113-35-37-115-43-64(98)85-52(67(79)99)20-14-15-29-81-61(95)22-13-7-12-21-59-66-58(44-118-59)91-76(108)93-66/h5-6,8-11,16-19,23-26,45-47,52-59,65-66H,7,12-15,20-22,27-44,77H2,1-4H3,(H2,78,94)(H2,79,99)(H2,80,100)(H,81,95)(H,82,96)(H,83,97)(H,84,101)(H,85,98)(H,86,103)(H,87,102)(H,88,104)(H,89,105)(H,90,107)(H,92,106)(H2,91,93,108)(H2,109,110,111)/t46-,47-,52-,53-,54-,55-,56-,57-,58-,59-,65-,66-/m0/s1. The molecule has 2 aliphatic rings. The van der Waals surface area contributed by atoms with E-state index in [4.69, 9.17) is 41.9 Å². The number of hydrogen-bond acceptors (Lipinski definition) is 23. The van der Waals surface area contributed by atoms with Crippen LogP contribution < -0.4 is 96.6 Å². The molecule has 2 heterocycles. The third-order valence-corrected chi connectivity index (χ3v) is 20.4. The number of amides is 16. The molecular weight excluding hydrogens is 1580 g/mol. The summed E-state index contributed by atoms with van der Waals surface area (Å²) in [6, 6.07) is 9.48. The molecule has 5 rings (SSSR count). The minimum Gasteiger partial charge on any atom is -0.404 e. The average molecular weight is 1700 g/mol. The number of ether oxygens (including phenoxy) is 4. The number of thioether (sulfide) groups is 1. The average Bonchev–Trinajstić information content (AvgIpc) is 1.75. The fourth-order valence-electron chi connectivity index (χ4n) is 12.1. The second-order valence-electron chi connectivity index (χ2n) is 28.6. The first-order chi connectivity index (χ1) is 56.1. The number of hydrogen-bond donors (Lipinski definition) is 19. The van der Waals surface area contributed by atoms with Crippen LogP contribution in [0.3, 0.4) is 0 Å². The fourth-order valence-corrected chi connectivity index (χ4v) is 14.1. The molecule has 16 amide bonds. The number of primary amides is 3. The molecule has 652 valence electrons. The van der Waals surface area contributed by atoms with Crippen molar-refractivity contribution >= 4 is 108 Å². The van der Waals surface area contributed by atoms with Crippen molar-refractivity contribution in [1.82, 2.24) is 69.1 Å². The first-order valence-electron chi connectivity index (χ1n) is 38.9. The number of carbonyl (C=O) groups excluding carboxylic acids is 15. The molecule has 0 aromatic heterocycles. The predicted octanol–water partition coefficient (Wildman–Crippen LogP) is -3.59. The van der Waals surface area contributed by atoms with E-state index in [2.05, 4.69) is 73.6 Å². The van der Waals surface area contributed by atoms with Gasteiger partial charge in [0, 0.05) is 62.7 Å². The zero-order valence-corrected chi connectivity index (χ0v) is 68.3. The maximum atomic E-state index is 14.7.